The summed E-state index contributed by atoms with van der Waals surface area (Å²) in [5.74, 6) is 2.51. The number of hydrogen-bond donors (Lipinski definition) is 3. The predicted molar refractivity (Wildman–Crippen MR) is 132 cm³/mol. The van der Waals surface area contributed by atoms with E-state index < -0.39 is 0 Å². The average molecular weight is 545 g/mol. The van der Waals surface area contributed by atoms with Crippen molar-refractivity contribution in [2.24, 2.45) is 10.4 Å². The lowest BCUT2D eigenvalue weighted by Crippen LogP contribution is -2.48. The van der Waals surface area contributed by atoms with Crippen molar-refractivity contribution in [1.82, 2.24) is 10.6 Å². The second-order valence-electron chi connectivity index (χ2n) is 8.90. The van der Waals surface area contributed by atoms with Crippen LogP contribution in [0.4, 0.5) is 0 Å². The Balaban J connectivity index is 0.00000272. The van der Waals surface area contributed by atoms with Crippen LogP contribution in [-0.2, 0) is 10.2 Å². The quantitative estimate of drug-likeness (QED) is 0.278. The number of hydrogen-bond acceptors (Lipinski definition) is 5. The molecule has 1 unspecified atom stereocenters. The zero-order valence-corrected chi connectivity index (χ0v) is 20.8. The second kappa shape index (κ2) is 11.0. The lowest BCUT2D eigenvalue weighted by atomic mass is 9.78. The molecule has 0 aromatic heterocycles. The fraction of sp³-hybridized carbons (Fsp3) is 0.696. The van der Waals surface area contributed by atoms with Crippen LogP contribution in [0.25, 0.3) is 0 Å². The van der Waals surface area contributed by atoms with Gasteiger partial charge in [0.15, 0.2) is 17.5 Å². The molecule has 1 aromatic rings. The first kappa shape index (κ1) is 24.4. The summed E-state index contributed by atoms with van der Waals surface area (Å²) in [7, 11) is 1.81. The molecular formula is C23H36IN3O4. The van der Waals surface area contributed by atoms with Crippen molar-refractivity contribution in [3.8, 4) is 11.5 Å². The maximum absolute atomic E-state index is 9.46. The summed E-state index contributed by atoms with van der Waals surface area (Å²) in [6.45, 7) is 4.45. The molecule has 31 heavy (non-hydrogen) atoms. The van der Waals surface area contributed by atoms with E-state index in [0.717, 1.165) is 62.8 Å². The number of ether oxygens (including phenoxy) is 3. The van der Waals surface area contributed by atoms with Gasteiger partial charge in [-0.3, -0.25) is 4.99 Å². The summed E-state index contributed by atoms with van der Waals surface area (Å²) in [5.41, 5.74) is 1.38. The van der Waals surface area contributed by atoms with Gasteiger partial charge >= 0.3 is 0 Å². The highest BCUT2D eigenvalue weighted by Gasteiger charge is 2.37. The minimum Gasteiger partial charge on any atom is -0.486 e. The number of aliphatic hydroxyl groups is 1. The predicted octanol–water partition coefficient (Wildman–Crippen LogP) is 2.84. The lowest BCUT2D eigenvalue weighted by molar-refractivity contribution is 0.127. The normalized spacial score (nSPS) is 24.5. The third kappa shape index (κ3) is 5.57. The largest absolute Gasteiger partial charge is 0.486 e. The van der Waals surface area contributed by atoms with Crippen LogP contribution < -0.4 is 20.1 Å². The van der Waals surface area contributed by atoms with Crippen LogP contribution in [-0.4, -0.2) is 64.2 Å². The van der Waals surface area contributed by atoms with Crippen LogP contribution in [0.15, 0.2) is 23.2 Å². The zero-order chi connectivity index (χ0) is 20.9. The Kier molecular flexibility index (Phi) is 8.69. The smallest absolute Gasteiger partial charge is 0.191 e. The molecule has 1 saturated carbocycles. The molecule has 1 saturated heterocycles. The van der Waals surface area contributed by atoms with Gasteiger partial charge in [-0.15, -0.1) is 24.0 Å². The molecule has 2 heterocycles. The van der Waals surface area contributed by atoms with E-state index in [9.17, 15) is 5.11 Å². The molecule has 3 N–H and O–H groups in total. The van der Waals surface area contributed by atoms with E-state index in [-0.39, 0.29) is 41.4 Å². The van der Waals surface area contributed by atoms with Gasteiger partial charge in [0.25, 0.3) is 0 Å². The number of nitrogens with one attached hydrogen (secondary N) is 2. The maximum atomic E-state index is 9.46. The Hall–Kier alpha value is -1.26. The van der Waals surface area contributed by atoms with Crippen molar-refractivity contribution >= 4 is 29.9 Å². The number of aliphatic imine (C=N–C) groups is 1. The Morgan fingerprint density at radius 2 is 1.77 bits per heavy atom. The van der Waals surface area contributed by atoms with Gasteiger partial charge in [-0.1, -0.05) is 18.9 Å². The Morgan fingerprint density at radius 1 is 1.03 bits per heavy atom. The molecule has 0 amide bonds. The van der Waals surface area contributed by atoms with Gasteiger partial charge in [0.2, 0.25) is 0 Å². The van der Waals surface area contributed by atoms with Crippen molar-refractivity contribution in [1.29, 1.82) is 0 Å². The van der Waals surface area contributed by atoms with Crippen molar-refractivity contribution in [3.05, 3.63) is 23.8 Å². The molecule has 1 aromatic carbocycles. The molecular weight excluding hydrogens is 509 g/mol. The summed E-state index contributed by atoms with van der Waals surface area (Å²) in [4.78, 5) is 4.44. The summed E-state index contributed by atoms with van der Waals surface area (Å²) in [6, 6.07) is 6.42. The number of fused-ring (bicyclic) bond motifs is 1. The molecule has 2 fully saturated rings. The standard InChI is InChI=1S/C23H35N3O4.HI/c1-24-21(25-15-22(8-10-27)9-11-28-17-22)26-16-23(6-2-3-7-23)18-4-5-19-20(14-18)30-13-12-29-19;/h4-5,14,27H,2-3,6-13,15-17H2,1H3,(H2,24,25,26);1H. The molecule has 1 atom stereocenters. The van der Waals surface area contributed by atoms with E-state index in [0.29, 0.717) is 19.8 Å². The third-order valence-corrected chi connectivity index (χ3v) is 6.99. The van der Waals surface area contributed by atoms with E-state index in [4.69, 9.17) is 14.2 Å². The first-order valence-corrected chi connectivity index (χ1v) is 11.2. The molecule has 7 nitrogen and oxygen atoms in total. The summed E-state index contributed by atoms with van der Waals surface area (Å²) in [6.07, 6.45) is 6.49. The summed E-state index contributed by atoms with van der Waals surface area (Å²) >= 11 is 0. The van der Waals surface area contributed by atoms with E-state index in [1.54, 1.807) is 0 Å². The van der Waals surface area contributed by atoms with Crippen LogP contribution in [0.3, 0.4) is 0 Å². The molecule has 4 rings (SSSR count). The lowest BCUT2D eigenvalue weighted by Gasteiger charge is -2.33. The third-order valence-electron chi connectivity index (χ3n) is 6.99. The molecule has 1 aliphatic carbocycles. The van der Waals surface area contributed by atoms with E-state index in [1.807, 2.05) is 7.05 Å². The molecule has 0 bridgehead atoms. The van der Waals surface area contributed by atoms with Gasteiger partial charge < -0.3 is 30.0 Å². The van der Waals surface area contributed by atoms with Gasteiger partial charge in [-0.25, -0.2) is 0 Å². The van der Waals surface area contributed by atoms with Gasteiger partial charge in [-0.2, -0.15) is 0 Å². The molecule has 0 spiro atoms. The number of guanidine groups is 1. The highest BCUT2D eigenvalue weighted by molar-refractivity contribution is 14.0. The van der Waals surface area contributed by atoms with Crippen LogP contribution in [0.1, 0.15) is 44.1 Å². The summed E-state index contributed by atoms with van der Waals surface area (Å²) in [5, 5.41) is 16.5. The van der Waals surface area contributed by atoms with E-state index >= 15 is 0 Å². The van der Waals surface area contributed by atoms with Gasteiger partial charge in [0, 0.05) is 44.2 Å². The molecule has 3 aliphatic rings. The monoisotopic (exact) mass is 545 g/mol. The Labute approximate surface area is 202 Å². The SMILES string of the molecule is CN=C(NCC1(CCO)CCOC1)NCC1(c2ccc3c(c2)OCCO3)CCCC1.I. The van der Waals surface area contributed by atoms with Gasteiger partial charge in [0.05, 0.1) is 6.61 Å². The first-order chi connectivity index (χ1) is 14.7. The molecule has 2 aliphatic heterocycles. The van der Waals surface area contributed by atoms with E-state index in [2.05, 4.69) is 33.8 Å². The Morgan fingerprint density at radius 3 is 2.45 bits per heavy atom. The highest BCUT2D eigenvalue weighted by Crippen LogP contribution is 2.43. The summed E-state index contributed by atoms with van der Waals surface area (Å²) < 4.78 is 17.1. The Bertz CT molecular complexity index is 746. The number of benzene rings is 1. The second-order valence-corrected chi connectivity index (χ2v) is 8.90. The fourth-order valence-electron chi connectivity index (χ4n) is 5.05. The first-order valence-electron chi connectivity index (χ1n) is 11.2. The van der Waals surface area contributed by atoms with Crippen molar-refractivity contribution in [3.63, 3.8) is 0 Å². The fourth-order valence-corrected chi connectivity index (χ4v) is 5.05. The van der Waals surface area contributed by atoms with Crippen LogP contribution >= 0.6 is 24.0 Å². The van der Waals surface area contributed by atoms with Crippen molar-refractivity contribution in [2.75, 3.05) is 53.2 Å². The minimum absolute atomic E-state index is 0. The number of halogens is 1. The number of nitrogens with zero attached hydrogens (tertiary/aromatic N) is 1. The average Bonchev–Trinajstić information content (AvgIpc) is 3.45. The molecule has 8 heteroatoms. The topological polar surface area (TPSA) is 84.3 Å². The van der Waals surface area contributed by atoms with Crippen LogP contribution in [0, 0.1) is 5.41 Å². The van der Waals surface area contributed by atoms with E-state index in [1.165, 1.54) is 18.4 Å². The van der Waals surface area contributed by atoms with Crippen LogP contribution in [0.5, 0.6) is 11.5 Å². The number of rotatable bonds is 7. The maximum Gasteiger partial charge on any atom is 0.191 e. The minimum atomic E-state index is -0.00670. The van der Waals surface area contributed by atoms with Crippen LogP contribution in [0.2, 0.25) is 0 Å². The van der Waals surface area contributed by atoms with Crippen molar-refractivity contribution in [2.45, 2.75) is 43.9 Å². The van der Waals surface area contributed by atoms with Gasteiger partial charge in [0.1, 0.15) is 13.2 Å². The zero-order valence-electron chi connectivity index (χ0n) is 18.5. The number of aliphatic hydroxyl groups excluding tert-OH is 1. The van der Waals surface area contributed by atoms with Crippen molar-refractivity contribution < 1.29 is 19.3 Å². The highest BCUT2D eigenvalue weighted by atomic mass is 127. The molecule has 174 valence electrons. The molecule has 0 radical (unpaired) electrons. The van der Waals surface area contributed by atoms with Gasteiger partial charge in [-0.05, 0) is 43.4 Å².